The van der Waals surface area contributed by atoms with Crippen LogP contribution in [-0.4, -0.2) is 18.4 Å². The number of hydrogen-bond acceptors (Lipinski definition) is 3. The molecule has 0 unspecified atom stereocenters. The Morgan fingerprint density at radius 3 is 2.35 bits per heavy atom. The molecule has 1 aromatic carbocycles. The topological polar surface area (TPSA) is 43.4 Å². The summed E-state index contributed by atoms with van der Waals surface area (Å²) < 4.78 is 4.68. The number of ether oxygens (including phenoxy) is 1. The van der Waals surface area contributed by atoms with Gasteiger partial charge in [0.05, 0.1) is 6.61 Å². The maximum absolute atomic E-state index is 11.6. The summed E-state index contributed by atoms with van der Waals surface area (Å²) in [6, 6.07) is 5.00. The van der Waals surface area contributed by atoms with E-state index in [0.717, 1.165) is 0 Å². The van der Waals surface area contributed by atoms with Crippen molar-refractivity contribution in [3.05, 3.63) is 33.8 Å². The van der Waals surface area contributed by atoms with Crippen LogP contribution < -0.4 is 0 Å². The highest BCUT2D eigenvalue weighted by molar-refractivity contribution is 6.36. The van der Waals surface area contributed by atoms with E-state index in [4.69, 9.17) is 23.2 Å². The first-order valence-electron chi connectivity index (χ1n) is 5.14. The third-order valence-electron chi connectivity index (χ3n) is 2.08. The van der Waals surface area contributed by atoms with Crippen LogP contribution in [0.15, 0.2) is 18.2 Å². The molecule has 17 heavy (non-hydrogen) atoms. The zero-order valence-corrected chi connectivity index (χ0v) is 10.8. The molecular formula is C12H12Cl2O3. The summed E-state index contributed by atoms with van der Waals surface area (Å²) >= 11 is 11.8. The van der Waals surface area contributed by atoms with Gasteiger partial charge in [0.25, 0.3) is 0 Å². The number of ketones is 1. The van der Waals surface area contributed by atoms with Crippen molar-refractivity contribution in [2.45, 2.75) is 19.8 Å². The third kappa shape index (κ3) is 4.36. The summed E-state index contributed by atoms with van der Waals surface area (Å²) in [6.07, 6.45) is -0.216. The summed E-state index contributed by atoms with van der Waals surface area (Å²) in [7, 11) is 0. The first-order valence-corrected chi connectivity index (χ1v) is 5.90. The van der Waals surface area contributed by atoms with Crippen molar-refractivity contribution < 1.29 is 14.3 Å². The zero-order valence-electron chi connectivity index (χ0n) is 9.33. The molecule has 0 saturated carbocycles. The molecule has 0 N–H and O–H groups in total. The van der Waals surface area contributed by atoms with E-state index in [1.54, 1.807) is 25.1 Å². The molecule has 0 aliphatic rings. The van der Waals surface area contributed by atoms with E-state index in [0.29, 0.717) is 15.6 Å². The molecule has 1 aromatic rings. The van der Waals surface area contributed by atoms with E-state index in [-0.39, 0.29) is 25.2 Å². The second kappa shape index (κ2) is 6.62. The molecule has 0 aliphatic heterocycles. The van der Waals surface area contributed by atoms with Gasteiger partial charge in [-0.15, -0.1) is 0 Å². The quantitative estimate of drug-likeness (QED) is 0.612. The maximum Gasteiger partial charge on any atom is 0.313 e. The molecule has 0 radical (unpaired) electrons. The Morgan fingerprint density at radius 1 is 1.24 bits per heavy atom. The van der Waals surface area contributed by atoms with Gasteiger partial charge in [-0.05, 0) is 24.6 Å². The average Bonchev–Trinajstić information content (AvgIpc) is 2.24. The van der Waals surface area contributed by atoms with Crippen LogP contribution in [-0.2, 0) is 20.7 Å². The highest BCUT2D eigenvalue weighted by Crippen LogP contribution is 2.25. The SMILES string of the molecule is CCOC(=O)CC(=O)Cc1c(Cl)cccc1Cl. The highest BCUT2D eigenvalue weighted by Gasteiger charge is 2.14. The van der Waals surface area contributed by atoms with E-state index in [1.807, 2.05) is 0 Å². The molecule has 0 atom stereocenters. The van der Waals surface area contributed by atoms with Gasteiger partial charge < -0.3 is 4.74 Å². The minimum absolute atomic E-state index is 0.0390. The van der Waals surface area contributed by atoms with E-state index < -0.39 is 5.97 Å². The molecule has 3 nitrogen and oxygen atoms in total. The second-order valence-electron chi connectivity index (χ2n) is 3.40. The van der Waals surface area contributed by atoms with Crippen LogP contribution in [0, 0.1) is 0 Å². The zero-order chi connectivity index (χ0) is 12.8. The number of hydrogen-bond donors (Lipinski definition) is 0. The van der Waals surface area contributed by atoms with Crippen molar-refractivity contribution in [2.24, 2.45) is 0 Å². The van der Waals surface area contributed by atoms with Crippen LogP contribution in [0.3, 0.4) is 0 Å². The van der Waals surface area contributed by atoms with Crippen molar-refractivity contribution >= 4 is 35.0 Å². The van der Waals surface area contributed by atoms with Crippen LogP contribution in [0.25, 0.3) is 0 Å². The van der Waals surface area contributed by atoms with E-state index >= 15 is 0 Å². The summed E-state index contributed by atoms with van der Waals surface area (Å²) in [5.74, 6) is -0.792. The average molecular weight is 275 g/mol. The van der Waals surface area contributed by atoms with Gasteiger partial charge in [0.15, 0.2) is 0 Å². The van der Waals surface area contributed by atoms with Crippen LogP contribution >= 0.6 is 23.2 Å². The Kier molecular flexibility index (Phi) is 5.45. The van der Waals surface area contributed by atoms with E-state index in [1.165, 1.54) is 0 Å². The summed E-state index contributed by atoms with van der Waals surface area (Å²) in [4.78, 5) is 22.7. The second-order valence-corrected chi connectivity index (χ2v) is 4.21. The van der Waals surface area contributed by atoms with Gasteiger partial charge in [-0.3, -0.25) is 9.59 Å². The van der Waals surface area contributed by atoms with Crippen LogP contribution in [0.4, 0.5) is 0 Å². The number of carbonyl (C=O) groups excluding carboxylic acids is 2. The van der Waals surface area contributed by atoms with Crippen molar-refractivity contribution in [1.82, 2.24) is 0 Å². The maximum atomic E-state index is 11.6. The van der Waals surface area contributed by atoms with Gasteiger partial charge in [0.2, 0.25) is 0 Å². The number of halogens is 2. The molecule has 92 valence electrons. The van der Waals surface area contributed by atoms with Gasteiger partial charge in [-0.1, -0.05) is 29.3 Å². The van der Waals surface area contributed by atoms with Crippen molar-refractivity contribution in [3.8, 4) is 0 Å². The minimum atomic E-state index is -0.527. The number of benzene rings is 1. The monoisotopic (exact) mass is 274 g/mol. The molecule has 5 heteroatoms. The molecule has 0 saturated heterocycles. The number of esters is 1. The molecule has 0 aromatic heterocycles. The normalized spacial score (nSPS) is 10.1. The molecule has 0 spiro atoms. The Balaban J connectivity index is 2.65. The van der Waals surface area contributed by atoms with E-state index in [9.17, 15) is 9.59 Å². The summed E-state index contributed by atoms with van der Waals surface area (Å²) in [5, 5.41) is 0.851. The lowest BCUT2D eigenvalue weighted by molar-refractivity contribution is -0.145. The Hall–Kier alpha value is -1.06. The fourth-order valence-electron chi connectivity index (χ4n) is 1.33. The fourth-order valence-corrected chi connectivity index (χ4v) is 1.86. The highest BCUT2D eigenvalue weighted by atomic mass is 35.5. The minimum Gasteiger partial charge on any atom is -0.466 e. The smallest absolute Gasteiger partial charge is 0.313 e. The summed E-state index contributed by atoms with van der Waals surface area (Å²) in [6.45, 7) is 1.95. The summed E-state index contributed by atoms with van der Waals surface area (Å²) in [5.41, 5.74) is 0.546. The molecule has 0 aliphatic carbocycles. The number of Topliss-reactive ketones (excluding diaryl/α,β-unsaturated/α-hetero) is 1. The van der Waals surface area contributed by atoms with Gasteiger partial charge in [0, 0.05) is 16.5 Å². The lowest BCUT2D eigenvalue weighted by Crippen LogP contribution is -2.13. The predicted octanol–water partition coefficient (Wildman–Crippen LogP) is 3.06. The van der Waals surface area contributed by atoms with Crippen LogP contribution in [0.1, 0.15) is 18.9 Å². The van der Waals surface area contributed by atoms with Gasteiger partial charge in [-0.25, -0.2) is 0 Å². The van der Waals surface area contributed by atoms with Crippen molar-refractivity contribution in [1.29, 1.82) is 0 Å². The van der Waals surface area contributed by atoms with Crippen molar-refractivity contribution in [2.75, 3.05) is 6.61 Å². The number of rotatable bonds is 5. The molecular weight excluding hydrogens is 263 g/mol. The van der Waals surface area contributed by atoms with Gasteiger partial charge in [0.1, 0.15) is 12.2 Å². The lowest BCUT2D eigenvalue weighted by atomic mass is 10.1. The first-order chi connectivity index (χ1) is 8.04. The van der Waals surface area contributed by atoms with Crippen LogP contribution in [0.2, 0.25) is 10.0 Å². The Bertz CT molecular complexity index is 410. The largest absolute Gasteiger partial charge is 0.466 e. The standard InChI is InChI=1S/C12H12Cl2O3/c1-2-17-12(16)7-8(15)6-9-10(13)4-3-5-11(9)14/h3-5H,2,6-7H2,1H3. The van der Waals surface area contributed by atoms with Crippen molar-refractivity contribution in [3.63, 3.8) is 0 Å². The molecule has 0 bridgehead atoms. The van der Waals surface area contributed by atoms with Gasteiger partial charge in [-0.2, -0.15) is 0 Å². The predicted molar refractivity (Wildman–Crippen MR) is 66.4 cm³/mol. The van der Waals surface area contributed by atoms with Gasteiger partial charge >= 0.3 is 5.97 Å². The lowest BCUT2D eigenvalue weighted by Gasteiger charge is -2.06. The number of carbonyl (C=O) groups is 2. The Labute approximate surface area is 110 Å². The third-order valence-corrected chi connectivity index (χ3v) is 2.79. The van der Waals surface area contributed by atoms with E-state index in [2.05, 4.69) is 4.74 Å². The molecule has 1 rings (SSSR count). The first kappa shape index (κ1) is 14.0. The molecule has 0 amide bonds. The Morgan fingerprint density at radius 2 is 1.82 bits per heavy atom. The molecule has 0 fully saturated rings. The van der Waals surface area contributed by atoms with Crippen LogP contribution in [0.5, 0.6) is 0 Å². The fraction of sp³-hybridized carbons (Fsp3) is 0.333. The molecule has 0 heterocycles.